The molecule has 0 aromatic heterocycles. The summed E-state index contributed by atoms with van der Waals surface area (Å²) in [5.41, 5.74) is 3.47. The third-order valence-corrected chi connectivity index (χ3v) is 4.58. The number of benzene rings is 3. The van der Waals surface area contributed by atoms with Gasteiger partial charge in [-0.15, -0.1) is 0 Å². The Morgan fingerprint density at radius 2 is 1.81 bits per heavy atom. The molecule has 0 unspecified atom stereocenters. The van der Waals surface area contributed by atoms with Crippen molar-refractivity contribution in [3.8, 4) is 5.75 Å². The molecule has 0 radical (unpaired) electrons. The van der Waals surface area contributed by atoms with E-state index in [1.165, 1.54) is 30.5 Å². The summed E-state index contributed by atoms with van der Waals surface area (Å²) in [5.74, 6) is -0.958. The van der Waals surface area contributed by atoms with E-state index in [4.69, 9.17) is 4.74 Å². The van der Waals surface area contributed by atoms with Crippen molar-refractivity contribution >= 4 is 45.8 Å². The molecule has 32 heavy (non-hydrogen) atoms. The standard InChI is InChI=1S/C23H16BrN3O5/c24-19-10-11-21(32-22(28)12-9-16-5-2-1-3-6-16)18(13-19)15-25-26-23(29)17-7-4-8-20(14-17)27(30)31/h1-15H,(H,26,29). The van der Waals surface area contributed by atoms with Gasteiger partial charge in [-0.2, -0.15) is 5.10 Å². The third-order valence-electron chi connectivity index (χ3n) is 4.08. The van der Waals surface area contributed by atoms with Crippen molar-refractivity contribution in [3.05, 3.63) is 110 Å². The molecule has 0 atom stereocenters. The number of amides is 1. The maximum absolute atomic E-state index is 12.2. The Kier molecular flexibility index (Phi) is 7.60. The van der Waals surface area contributed by atoms with Crippen LogP contribution in [0.5, 0.6) is 5.75 Å². The van der Waals surface area contributed by atoms with Crippen LogP contribution in [0.25, 0.3) is 6.08 Å². The molecule has 0 fully saturated rings. The minimum atomic E-state index is -0.621. The first-order valence-electron chi connectivity index (χ1n) is 9.25. The van der Waals surface area contributed by atoms with Crippen molar-refractivity contribution < 1.29 is 19.2 Å². The van der Waals surface area contributed by atoms with Gasteiger partial charge in [0.15, 0.2) is 0 Å². The van der Waals surface area contributed by atoms with Crippen LogP contribution in [-0.2, 0) is 4.79 Å². The average Bonchev–Trinajstić information content (AvgIpc) is 2.80. The zero-order valence-corrected chi connectivity index (χ0v) is 18.1. The van der Waals surface area contributed by atoms with Crippen molar-refractivity contribution in [1.29, 1.82) is 0 Å². The zero-order valence-electron chi connectivity index (χ0n) is 16.5. The highest BCUT2D eigenvalue weighted by Gasteiger charge is 2.11. The first kappa shape index (κ1) is 22.6. The average molecular weight is 494 g/mol. The van der Waals surface area contributed by atoms with E-state index in [1.54, 1.807) is 24.3 Å². The molecule has 160 valence electrons. The number of hydrogen-bond donors (Lipinski definition) is 1. The van der Waals surface area contributed by atoms with Crippen LogP contribution in [0.15, 0.2) is 88.4 Å². The lowest BCUT2D eigenvalue weighted by atomic mass is 10.2. The topological polar surface area (TPSA) is 111 Å². The van der Waals surface area contributed by atoms with Gasteiger partial charge in [0.25, 0.3) is 11.6 Å². The number of nitro groups is 1. The molecule has 0 saturated heterocycles. The summed E-state index contributed by atoms with van der Waals surface area (Å²) in [4.78, 5) is 34.7. The lowest BCUT2D eigenvalue weighted by molar-refractivity contribution is -0.384. The van der Waals surface area contributed by atoms with Gasteiger partial charge < -0.3 is 4.74 Å². The van der Waals surface area contributed by atoms with E-state index in [9.17, 15) is 19.7 Å². The van der Waals surface area contributed by atoms with Gasteiger partial charge in [-0.25, -0.2) is 10.2 Å². The smallest absolute Gasteiger partial charge is 0.336 e. The van der Waals surface area contributed by atoms with Crippen molar-refractivity contribution in [2.24, 2.45) is 5.10 Å². The van der Waals surface area contributed by atoms with Gasteiger partial charge in [-0.3, -0.25) is 14.9 Å². The Hall–Kier alpha value is -4.11. The summed E-state index contributed by atoms with van der Waals surface area (Å²) >= 11 is 3.34. The highest BCUT2D eigenvalue weighted by Crippen LogP contribution is 2.22. The monoisotopic (exact) mass is 493 g/mol. The van der Waals surface area contributed by atoms with Crippen LogP contribution in [0, 0.1) is 10.1 Å². The Balaban J connectivity index is 1.69. The van der Waals surface area contributed by atoms with Crippen LogP contribution in [0.1, 0.15) is 21.5 Å². The summed E-state index contributed by atoms with van der Waals surface area (Å²) < 4.78 is 6.09. The quantitative estimate of drug-likeness (QED) is 0.127. The highest BCUT2D eigenvalue weighted by atomic mass is 79.9. The fourth-order valence-corrected chi connectivity index (χ4v) is 2.95. The largest absolute Gasteiger partial charge is 0.423 e. The van der Waals surface area contributed by atoms with Crippen LogP contribution >= 0.6 is 15.9 Å². The predicted molar refractivity (Wildman–Crippen MR) is 123 cm³/mol. The second kappa shape index (κ2) is 10.8. The summed E-state index contributed by atoms with van der Waals surface area (Å²) in [6.07, 6.45) is 4.25. The van der Waals surface area contributed by atoms with Crippen molar-refractivity contribution in [2.45, 2.75) is 0 Å². The molecule has 0 aliphatic rings. The van der Waals surface area contributed by atoms with Crippen molar-refractivity contribution in [2.75, 3.05) is 0 Å². The minimum Gasteiger partial charge on any atom is -0.423 e. The van der Waals surface area contributed by atoms with Crippen LogP contribution in [0.2, 0.25) is 0 Å². The predicted octanol–water partition coefficient (Wildman–Crippen LogP) is 4.74. The van der Waals surface area contributed by atoms with E-state index >= 15 is 0 Å². The van der Waals surface area contributed by atoms with Gasteiger partial charge in [-0.05, 0) is 35.9 Å². The van der Waals surface area contributed by atoms with E-state index in [1.807, 2.05) is 30.3 Å². The molecular formula is C23H16BrN3O5. The molecule has 3 rings (SSSR count). The van der Waals surface area contributed by atoms with Gasteiger partial charge in [0, 0.05) is 33.8 Å². The summed E-state index contributed by atoms with van der Waals surface area (Å²) in [7, 11) is 0. The molecule has 1 N–H and O–H groups in total. The lowest BCUT2D eigenvalue weighted by Crippen LogP contribution is -2.17. The maximum atomic E-state index is 12.2. The van der Waals surface area contributed by atoms with Gasteiger partial charge >= 0.3 is 5.97 Å². The Labute approximate surface area is 191 Å². The first-order chi connectivity index (χ1) is 15.4. The fourth-order valence-electron chi connectivity index (χ4n) is 2.57. The minimum absolute atomic E-state index is 0.0864. The fraction of sp³-hybridized carbons (Fsp3) is 0. The van der Waals surface area contributed by atoms with Crippen LogP contribution < -0.4 is 10.2 Å². The number of hydrogen-bond acceptors (Lipinski definition) is 6. The molecule has 8 nitrogen and oxygen atoms in total. The van der Waals surface area contributed by atoms with E-state index in [0.717, 1.165) is 11.6 Å². The highest BCUT2D eigenvalue weighted by molar-refractivity contribution is 9.10. The molecule has 9 heteroatoms. The number of nitrogens with one attached hydrogen (secondary N) is 1. The molecule has 0 spiro atoms. The number of esters is 1. The molecular weight excluding hydrogens is 478 g/mol. The maximum Gasteiger partial charge on any atom is 0.336 e. The SMILES string of the molecule is O=C(C=Cc1ccccc1)Oc1ccc(Br)cc1C=NNC(=O)c1cccc([N+](=O)[O-])c1. The molecule has 0 aliphatic heterocycles. The number of non-ortho nitro benzene ring substituents is 1. The van der Waals surface area contributed by atoms with E-state index in [-0.39, 0.29) is 17.0 Å². The molecule has 3 aromatic rings. The van der Waals surface area contributed by atoms with E-state index in [0.29, 0.717) is 10.0 Å². The van der Waals surface area contributed by atoms with E-state index < -0.39 is 16.8 Å². The molecule has 0 bridgehead atoms. The number of hydrazone groups is 1. The zero-order chi connectivity index (χ0) is 22.9. The molecule has 0 aliphatic carbocycles. The number of carbonyl (C=O) groups is 2. The van der Waals surface area contributed by atoms with E-state index in [2.05, 4.69) is 26.5 Å². The Morgan fingerprint density at radius 1 is 1.03 bits per heavy atom. The van der Waals surface area contributed by atoms with Gasteiger partial charge in [-0.1, -0.05) is 52.3 Å². The number of halogens is 1. The number of nitrogens with zero attached hydrogens (tertiary/aromatic N) is 2. The lowest BCUT2D eigenvalue weighted by Gasteiger charge is -2.06. The van der Waals surface area contributed by atoms with Gasteiger partial charge in [0.2, 0.25) is 0 Å². The van der Waals surface area contributed by atoms with Crippen LogP contribution in [-0.4, -0.2) is 23.0 Å². The van der Waals surface area contributed by atoms with Crippen LogP contribution in [0.3, 0.4) is 0 Å². The van der Waals surface area contributed by atoms with Gasteiger partial charge in [0.05, 0.1) is 11.1 Å². The van der Waals surface area contributed by atoms with Crippen molar-refractivity contribution in [3.63, 3.8) is 0 Å². The first-order valence-corrected chi connectivity index (χ1v) is 10.0. The third kappa shape index (κ3) is 6.44. The van der Waals surface area contributed by atoms with Gasteiger partial charge in [0.1, 0.15) is 5.75 Å². The summed E-state index contributed by atoms with van der Waals surface area (Å²) in [6, 6.07) is 19.5. The number of ether oxygens (including phenoxy) is 1. The number of nitro benzene ring substituents is 1. The summed E-state index contributed by atoms with van der Waals surface area (Å²) in [6.45, 7) is 0. The molecule has 1 amide bonds. The molecule has 0 heterocycles. The van der Waals surface area contributed by atoms with Crippen molar-refractivity contribution in [1.82, 2.24) is 5.43 Å². The molecule has 3 aromatic carbocycles. The Morgan fingerprint density at radius 3 is 2.56 bits per heavy atom. The second-order valence-corrected chi connectivity index (χ2v) is 7.27. The second-order valence-electron chi connectivity index (χ2n) is 6.35. The summed E-state index contributed by atoms with van der Waals surface area (Å²) in [5, 5.41) is 14.7. The number of carbonyl (C=O) groups excluding carboxylic acids is 2. The molecule has 0 saturated carbocycles. The number of rotatable bonds is 7. The van der Waals surface area contributed by atoms with Crippen LogP contribution in [0.4, 0.5) is 5.69 Å². The normalized spacial score (nSPS) is 10.9. The Bertz CT molecular complexity index is 1210.